The van der Waals surface area contributed by atoms with E-state index in [1.54, 1.807) is 17.5 Å². The molecule has 23 heavy (non-hydrogen) atoms. The predicted octanol–water partition coefficient (Wildman–Crippen LogP) is 3.36. The summed E-state index contributed by atoms with van der Waals surface area (Å²) in [6.45, 7) is -0.538. The normalized spacial score (nSPS) is 11.8. The molecule has 0 saturated heterocycles. The first kappa shape index (κ1) is 15.4. The number of carbonyl (C=O) groups is 1. The van der Waals surface area contributed by atoms with Crippen LogP contribution in [0, 0.1) is 0 Å². The number of carbonyl (C=O) groups excluding carboxylic acids is 1. The Hall–Kier alpha value is -2.48. The lowest BCUT2D eigenvalue weighted by Crippen LogP contribution is -2.28. The maximum absolute atomic E-state index is 12.7. The van der Waals surface area contributed by atoms with Gasteiger partial charge in [0.25, 0.3) is 5.56 Å². The van der Waals surface area contributed by atoms with Crippen molar-refractivity contribution in [2.45, 2.75) is 12.7 Å². The molecule has 0 amide bonds. The Balaban J connectivity index is 1.96. The highest BCUT2D eigenvalue weighted by Crippen LogP contribution is 2.27. The van der Waals surface area contributed by atoms with Crippen LogP contribution in [-0.2, 0) is 12.7 Å². The number of halogens is 3. The van der Waals surface area contributed by atoms with Crippen molar-refractivity contribution >= 4 is 27.2 Å². The van der Waals surface area contributed by atoms with Crippen LogP contribution in [0.5, 0.6) is 0 Å². The summed E-state index contributed by atoms with van der Waals surface area (Å²) in [6.07, 6.45) is -4.67. The first-order chi connectivity index (χ1) is 10.9. The third kappa shape index (κ3) is 3.02. The second kappa shape index (κ2) is 5.62. The van der Waals surface area contributed by atoms with Gasteiger partial charge < -0.3 is 0 Å². The van der Waals surface area contributed by atoms with Gasteiger partial charge in [0.05, 0.1) is 0 Å². The molecule has 1 aromatic carbocycles. The Morgan fingerprint density at radius 1 is 1.17 bits per heavy atom. The van der Waals surface area contributed by atoms with Crippen molar-refractivity contribution in [3.05, 3.63) is 63.4 Å². The Kier molecular flexibility index (Phi) is 3.77. The highest BCUT2D eigenvalue weighted by atomic mass is 32.1. The van der Waals surface area contributed by atoms with E-state index in [1.165, 1.54) is 11.3 Å². The molecular formula is C15H9F3N2O2S. The summed E-state index contributed by atoms with van der Waals surface area (Å²) in [5.74, 6) is -0.462. The Labute approximate surface area is 131 Å². The second-order valence-electron chi connectivity index (χ2n) is 4.78. The van der Waals surface area contributed by atoms with E-state index in [9.17, 15) is 22.8 Å². The van der Waals surface area contributed by atoms with Crippen molar-refractivity contribution in [3.8, 4) is 0 Å². The number of alkyl halides is 3. The summed E-state index contributed by atoms with van der Waals surface area (Å²) in [5, 5.41) is 5.58. The number of nitrogens with zero attached hydrogens (tertiary/aromatic N) is 2. The van der Waals surface area contributed by atoms with Crippen LogP contribution in [0.4, 0.5) is 13.2 Å². The van der Waals surface area contributed by atoms with E-state index in [1.807, 2.05) is 12.1 Å². The number of aromatic nitrogens is 2. The fourth-order valence-corrected chi connectivity index (χ4v) is 3.09. The van der Waals surface area contributed by atoms with E-state index in [4.69, 9.17) is 0 Å². The quantitative estimate of drug-likeness (QED) is 0.688. The van der Waals surface area contributed by atoms with E-state index in [2.05, 4.69) is 5.10 Å². The number of thiophene rings is 1. The molecule has 0 radical (unpaired) electrons. The second-order valence-corrected chi connectivity index (χ2v) is 5.69. The van der Waals surface area contributed by atoms with Gasteiger partial charge in [-0.3, -0.25) is 9.59 Å². The van der Waals surface area contributed by atoms with E-state index < -0.39 is 29.8 Å². The number of Topliss-reactive ketones (excluding diaryl/α,β-unsaturated/α-hetero) is 1. The third-order valence-electron chi connectivity index (χ3n) is 3.23. The van der Waals surface area contributed by atoms with Gasteiger partial charge in [-0.15, -0.1) is 11.3 Å². The van der Waals surface area contributed by atoms with Gasteiger partial charge in [-0.25, -0.2) is 4.68 Å². The molecule has 3 rings (SSSR count). The molecule has 0 spiro atoms. The lowest BCUT2D eigenvalue weighted by atomic mass is 10.1. The maximum atomic E-state index is 12.7. The fourth-order valence-electron chi connectivity index (χ4n) is 2.13. The minimum absolute atomic E-state index is 0.372. The largest absolute Gasteiger partial charge is 0.435 e. The Bertz CT molecular complexity index is 944. The minimum Gasteiger partial charge on any atom is -0.292 e. The summed E-state index contributed by atoms with van der Waals surface area (Å²) >= 11 is 1.36. The van der Waals surface area contributed by atoms with Crippen LogP contribution in [0.25, 0.3) is 10.1 Å². The van der Waals surface area contributed by atoms with Crippen molar-refractivity contribution in [2.75, 3.05) is 0 Å². The molecule has 8 heteroatoms. The summed E-state index contributed by atoms with van der Waals surface area (Å²) in [4.78, 5) is 24.0. The van der Waals surface area contributed by atoms with Gasteiger partial charge in [-0.1, -0.05) is 18.2 Å². The highest BCUT2D eigenvalue weighted by molar-refractivity contribution is 7.17. The molecular weight excluding hydrogens is 329 g/mol. The predicted molar refractivity (Wildman–Crippen MR) is 79.7 cm³/mol. The smallest absolute Gasteiger partial charge is 0.292 e. The van der Waals surface area contributed by atoms with Gasteiger partial charge in [-0.2, -0.15) is 18.3 Å². The first-order valence-corrected chi connectivity index (χ1v) is 7.39. The van der Waals surface area contributed by atoms with Crippen LogP contribution in [0.1, 0.15) is 16.1 Å². The van der Waals surface area contributed by atoms with E-state index in [-0.39, 0.29) is 0 Å². The van der Waals surface area contributed by atoms with Crippen molar-refractivity contribution in [3.63, 3.8) is 0 Å². The van der Waals surface area contributed by atoms with Crippen LogP contribution in [0.2, 0.25) is 0 Å². The molecule has 0 aliphatic heterocycles. The van der Waals surface area contributed by atoms with Crippen molar-refractivity contribution < 1.29 is 18.0 Å². The van der Waals surface area contributed by atoms with E-state index in [0.717, 1.165) is 10.8 Å². The summed E-state index contributed by atoms with van der Waals surface area (Å²) < 4.78 is 39.4. The molecule has 0 bridgehead atoms. The van der Waals surface area contributed by atoms with Gasteiger partial charge in [0.2, 0.25) is 0 Å². The summed E-state index contributed by atoms with van der Waals surface area (Å²) in [6, 6.07) is 8.54. The molecule has 0 unspecified atom stereocenters. The minimum atomic E-state index is -4.67. The van der Waals surface area contributed by atoms with Gasteiger partial charge in [0.15, 0.2) is 11.5 Å². The lowest BCUT2D eigenvalue weighted by molar-refractivity contribution is -0.142. The van der Waals surface area contributed by atoms with Crippen LogP contribution in [-0.4, -0.2) is 15.6 Å². The van der Waals surface area contributed by atoms with E-state index >= 15 is 0 Å². The van der Waals surface area contributed by atoms with Gasteiger partial charge in [0, 0.05) is 27.1 Å². The van der Waals surface area contributed by atoms with Crippen LogP contribution in [0.3, 0.4) is 0 Å². The fraction of sp³-hybridized carbons (Fsp3) is 0.133. The molecule has 2 aromatic heterocycles. The molecule has 0 aliphatic rings. The molecule has 0 fully saturated rings. The zero-order chi connectivity index (χ0) is 16.6. The molecule has 0 atom stereocenters. The average molecular weight is 338 g/mol. The molecule has 0 N–H and O–H groups in total. The Morgan fingerprint density at radius 3 is 2.65 bits per heavy atom. The zero-order valence-corrected chi connectivity index (χ0v) is 12.3. The number of benzene rings is 1. The van der Waals surface area contributed by atoms with Crippen LogP contribution >= 0.6 is 11.3 Å². The van der Waals surface area contributed by atoms with Crippen molar-refractivity contribution in [1.82, 2.24) is 9.78 Å². The molecule has 2 heterocycles. The number of rotatable bonds is 3. The molecule has 0 saturated carbocycles. The number of ketones is 1. The standard InChI is InChI=1S/C15H9F3N2O2S/c16-15(17,18)13-5-6-14(22)20(19-13)7-11(21)10-8-23-12-4-2-1-3-9(10)12/h1-6,8H,7H2. The van der Waals surface area contributed by atoms with Gasteiger partial charge in [0.1, 0.15) is 6.54 Å². The monoisotopic (exact) mass is 338 g/mol. The Morgan fingerprint density at radius 2 is 1.91 bits per heavy atom. The summed E-state index contributed by atoms with van der Waals surface area (Å²) in [5.41, 5.74) is -1.59. The topological polar surface area (TPSA) is 52.0 Å². The van der Waals surface area contributed by atoms with Crippen molar-refractivity contribution in [2.24, 2.45) is 0 Å². The maximum Gasteiger partial charge on any atom is 0.435 e. The first-order valence-electron chi connectivity index (χ1n) is 6.51. The van der Waals surface area contributed by atoms with Gasteiger partial charge in [-0.05, 0) is 12.1 Å². The number of hydrogen-bond acceptors (Lipinski definition) is 4. The molecule has 3 aromatic rings. The van der Waals surface area contributed by atoms with Crippen molar-refractivity contribution in [1.29, 1.82) is 0 Å². The molecule has 118 valence electrons. The average Bonchev–Trinajstić information content (AvgIpc) is 2.92. The molecule has 4 nitrogen and oxygen atoms in total. The number of fused-ring (bicyclic) bond motifs is 1. The van der Waals surface area contributed by atoms with Gasteiger partial charge >= 0.3 is 6.18 Å². The SMILES string of the molecule is O=C(Cn1nc(C(F)(F)F)ccc1=O)c1csc2ccccc12. The number of hydrogen-bond donors (Lipinski definition) is 0. The highest BCUT2D eigenvalue weighted by Gasteiger charge is 2.33. The summed E-state index contributed by atoms with van der Waals surface area (Å²) in [7, 11) is 0. The molecule has 0 aliphatic carbocycles. The lowest BCUT2D eigenvalue weighted by Gasteiger charge is -2.08. The third-order valence-corrected chi connectivity index (χ3v) is 4.20. The van der Waals surface area contributed by atoms with E-state index in [0.29, 0.717) is 21.7 Å². The zero-order valence-electron chi connectivity index (χ0n) is 11.5. The van der Waals surface area contributed by atoms with Crippen LogP contribution in [0.15, 0.2) is 46.6 Å². The van der Waals surface area contributed by atoms with Crippen LogP contribution < -0.4 is 5.56 Å².